The van der Waals surface area contributed by atoms with Gasteiger partial charge in [0.2, 0.25) is 5.91 Å². The molecule has 2 rings (SSSR count). The Balaban J connectivity index is 1.97. The summed E-state index contributed by atoms with van der Waals surface area (Å²) in [5.41, 5.74) is 2.23. The number of hydrogen-bond donors (Lipinski definition) is 2. The third-order valence-electron chi connectivity index (χ3n) is 4.40. The predicted molar refractivity (Wildman–Crippen MR) is 120 cm³/mol. The normalized spacial score (nSPS) is 11.0. The van der Waals surface area contributed by atoms with E-state index < -0.39 is 0 Å². The van der Waals surface area contributed by atoms with Crippen molar-refractivity contribution >= 4 is 11.9 Å². The minimum atomic E-state index is -0.0154. The quantitative estimate of drug-likeness (QED) is 0.463. The summed E-state index contributed by atoms with van der Waals surface area (Å²) in [7, 11) is 5.11. The first-order valence-electron chi connectivity index (χ1n) is 10.1. The Bertz CT molecular complexity index is 819. The molecule has 0 radical (unpaired) electrons. The van der Waals surface area contributed by atoms with Crippen LogP contribution in [0.2, 0.25) is 0 Å². The maximum absolute atomic E-state index is 11.9. The lowest BCUT2D eigenvalue weighted by molar-refractivity contribution is -0.127. The smallest absolute Gasteiger partial charge is 0.241 e. The summed E-state index contributed by atoms with van der Waals surface area (Å²) in [6, 6.07) is 15.8. The summed E-state index contributed by atoms with van der Waals surface area (Å²) in [6.45, 7) is 3.98. The first kappa shape index (κ1) is 23.1. The minimum Gasteiger partial charge on any atom is -0.497 e. The maximum Gasteiger partial charge on any atom is 0.241 e. The lowest BCUT2D eigenvalue weighted by atomic mass is 10.1. The molecule has 2 aromatic rings. The van der Waals surface area contributed by atoms with Gasteiger partial charge in [-0.2, -0.15) is 0 Å². The molecule has 7 heteroatoms. The molecule has 0 aliphatic heterocycles. The molecule has 1 amide bonds. The average Bonchev–Trinajstić information content (AvgIpc) is 2.75. The number of methoxy groups -OCH3 is 1. The fraction of sp³-hybridized carbons (Fsp3) is 0.391. The van der Waals surface area contributed by atoms with Crippen LogP contribution in [0.4, 0.5) is 0 Å². The van der Waals surface area contributed by atoms with Gasteiger partial charge in [0.05, 0.1) is 26.8 Å². The predicted octanol–water partition coefficient (Wildman–Crippen LogP) is 2.46. The summed E-state index contributed by atoms with van der Waals surface area (Å²) in [6.07, 6.45) is 0.811. The lowest BCUT2D eigenvalue weighted by Gasteiger charge is -2.15. The van der Waals surface area contributed by atoms with Gasteiger partial charge in [0.25, 0.3) is 0 Å². The molecule has 0 heterocycles. The molecular formula is C23H32N4O3. The highest BCUT2D eigenvalue weighted by atomic mass is 16.5. The Morgan fingerprint density at radius 1 is 1.03 bits per heavy atom. The summed E-state index contributed by atoms with van der Waals surface area (Å²) >= 11 is 0. The van der Waals surface area contributed by atoms with Crippen LogP contribution in [0.25, 0.3) is 0 Å². The number of carbonyl (C=O) groups excluding carboxylic acids is 1. The molecule has 0 aromatic heterocycles. The van der Waals surface area contributed by atoms with E-state index in [4.69, 9.17) is 9.47 Å². The van der Waals surface area contributed by atoms with Crippen molar-refractivity contribution in [2.45, 2.75) is 19.9 Å². The number of aliphatic imine (C=N–C) groups is 1. The molecule has 30 heavy (non-hydrogen) atoms. The van der Waals surface area contributed by atoms with Crippen molar-refractivity contribution in [3.05, 3.63) is 59.7 Å². The van der Waals surface area contributed by atoms with Crippen LogP contribution in [0.3, 0.4) is 0 Å². The third kappa shape index (κ3) is 8.03. The van der Waals surface area contributed by atoms with Gasteiger partial charge < -0.3 is 25.0 Å². The van der Waals surface area contributed by atoms with Crippen LogP contribution < -0.4 is 20.1 Å². The number of rotatable bonds is 10. The van der Waals surface area contributed by atoms with E-state index in [9.17, 15) is 4.79 Å². The first-order valence-corrected chi connectivity index (χ1v) is 10.1. The molecule has 162 valence electrons. The summed E-state index contributed by atoms with van der Waals surface area (Å²) in [5, 5.41) is 6.42. The van der Waals surface area contributed by atoms with Crippen molar-refractivity contribution < 1.29 is 14.3 Å². The summed E-state index contributed by atoms with van der Waals surface area (Å²) < 4.78 is 10.7. The molecule has 0 aliphatic rings. The molecule has 0 unspecified atom stereocenters. The number of guanidine groups is 1. The van der Waals surface area contributed by atoms with Crippen molar-refractivity contribution in [2.75, 3.05) is 40.9 Å². The Morgan fingerprint density at radius 2 is 1.80 bits per heavy atom. The van der Waals surface area contributed by atoms with E-state index in [1.807, 2.05) is 49.4 Å². The van der Waals surface area contributed by atoms with Crippen LogP contribution in [-0.4, -0.2) is 57.7 Å². The molecule has 0 fully saturated rings. The van der Waals surface area contributed by atoms with E-state index in [-0.39, 0.29) is 12.5 Å². The van der Waals surface area contributed by atoms with E-state index in [1.54, 1.807) is 26.1 Å². The number of benzene rings is 2. The zero-order valence-electron chi connectivity index (χ0n) is 18.3. The molecule has 0 spiro atoms. The van der Waals surface area contributed by atoms with E-state index >= 15 is 0 Å². The van der Waals surface area contributed by atoms with Crippen LogP contribution in [0.5, 0.6) is 11.5 Å². The molecule has 0 saturated heterocycles. The number of carbonyl (C=O) groups is 1. The molecular weight excluding hydrogens is 380 g/mol. The Hall–Kier alpha value is -3.22. The van der Waals surface area contributed by atoms with Gasteiger partial charge in [-0.15, -0.1) is 0 Å². The van der Waals surface area contributed by atoms with Crippen molar-refractivity contribution in [2.24, 2.45) is 4.99 Å². The summed E-state index contributed by atoms with van der Waals surface area (Å²) in [4.78, 5) is 18.1. The monoisotopic (exact) mass is 412 g/mol. The van der Waals surface area contributed by atoms with Crippen molar-refractivity contribution in [1.29, 1.82) is 0 Å². The minimum absolute atomic E-state index is 0.0154. The Kier molecular flexibility index (Phi) is 9.51. The number of amides is 1. The first-order chi connectivity index (χ1) is 14.5. The number of ether oxygens (including phenoxy) is 2. The van der Waals surface area contributed by atoms with Crippen molar-refractivity contribution in [3.8, 4) is 11.5 Å². The van der Waals surface area contributed by atoms with E-state index in [0.29, 0.717) is 25.7 Å². The molecule has 0 aliphatic carbocycles. The topological polar surface area (TPSA) is 75.2 Å². The van der Waals surface area contributed by atoms with Gasteiger partial charge in [0, 0.05) is 20.6 Å². The largest absolute Gasteiger partial charge is 0.497 e. The van der Waals surface area contributed by atoms with E-state index in [2.05, 4.69) is 21.7 Å². The number of hydrogen-bond acceptors (Lipinski definition) is 4. The SMILES string of the molecule is CCOc1cccc(CCNC(=NCc2ccc(OC)cc2)NCC(=O)N(C)C)c1. The zero-order valence-corrected chi connectivity index (χ0v) is 18.3. The standard InChI is InChI=1S/C23H32N4O3/c1-5-30-21-8-6-7-18(15-21)13-14-24-23(26-17-22(28)27(2)3)25-16-19-9-11-20(29-4)12-10-19/h6-12,15H,5,13-14,16-17H2,1-4H3,(H2,24,25,26). The highest BCUT2D eigenvalue weighted by Crippen LogP contribution is 2.13. The third-order valence-corrected chi connectivity index (χ3v) is 4.40. The highest BCUT2D eigenvalue weighted by Gasteiger charge is 2.06. The van der Waals surface area contributed by atoms with Crippen molar-refractivity contribution in [3.63, 3.8) is 0 Å². The Morgan fingerprint density at radius 3 is 2.47 bits per heavy atom. The molecule has 2 N–H and O–H groups in total. The van der Waals surface area contributed by atoms with Gasteiger partial charge >= 0.3 is 0 Å². The fourth-order valence-electron chi connectivity index (χ4n) is 2.68. The molecule has 0 atom stereocenters. The van der Waals surface area contributed by atoms with E-state index in [0.717, 1.165) is 23.5 Å². The van der Waals surface area contributed by atoms with Crippen LogP contribution in [0.15, 0.2) is 53.5 Å². The second kappa shape index (κ2) is 12.4. The van der Waals surface area contributed by atoms with Crippen LogP contribution in [-0.2, 0) is 17.8 Å². The van der Waals surface area contributed by atoms with Crippen LogP contribution in [0.1, 0.15) is 18.1 Å². The number of nitrogens with zero attached hydrogens (tertiary/aromatic N) is 2. The Labute approximate surface area is 179 Å². The van der Waals surface area contributed by atoms with Crippen LogP contribution >= 0.6 is 0 Å². The van der Waals surface area contributed by atoms with Gasteiger partial charge in [0.1, 0.15) is 11.5 Å². The number of likely N-dealkylation sites (N-methyl/N-ethyl adjacent to an activating group) is 1. The van der Waals surface area contributed by atoms with Crippen LogP contribution in [0, 0.1) is 0 Å². The zero-order chi connectivity index (χ0) is 21.8. The molecule has 2 aromatic carbocycles. The second-order valence-corrected chi connectivity index (χ2v) is 6.91. The van der Waals surface area contributed by atoms with Gasteiger partial charge in [-0.1, -0.05) is 24.3 Å². The molecule has 7 nitrogen and oxygen atoms in total. The molecule has 0 saturated carbocycles. The average molecular weight is 413 g/mol. The van der Waals surface area contributed by atoms with Gasteiger partial charge in [-0.05, 0) is 48.7 Å². The van der Waals surface area contributed by atoms with Gasteiger partial charge in [-0.25, -0.2) is 4.99 Å². The summed E-state index contributed by atoms with van der Waals surface area (Å²) in [5.74, 6) is 2.27. The van der Waals surface area contributed by atoms with Gasteiger partial charge in [-0.3, -0.25) is 4.79 Å². The van der Waals surface area contributed by atoms with Gasteiger partial charge in [0.15, 0.2) is 5.96 Å². The van der Waals surface area contributed by atoms with E-state index in [1.165, 1.54) is 5.56 Å². The van der Waals surface area contributed by atoms with Crippen molar-refractivity contribution in [1.82, 2.24) is 15.5 Å². The molecule has 0 bridgehead atoms. The second-order valence-electron chi connectivity index (χ2n) is 6.91. The highest BCUT2D eigenvalue weighted by molar-refractivity contribution is 5.86. The maximum atomic E-state index is 11.9. The lowest BCUT2D eigenvalue weighted by Crippen LogP contribution is -2.43. The fourth-order valence-corrected chi connectivity index (χ4v) is 2.68. The number of nitrogens with one attached hydrogen (secondary N) is 2.